The van der Waals surface area contributed by atoms with Crippen LogP contribution in [-0.4, -0.2) is 17.6 Å². The number of rotatable bonds is 3. The normalized spacial score (nSPS) is 11.2. The number of hydrogen-bond acceptors (Lipinski definition) is 3. The molecule has 0 unspecified atom stereocenters. The molecule has 0 bridgehead atoms. The van der Waals surface area contributed by atoms with Crippen molar-refractivity contribution in [3.05, 3.63) is 24.3 Å². The maximum atomic E-state index is 5.70. The largest absolute Gasteiger partial charge is 0.423 e. The third-order valence-corrected chi connectivity index (χ3v) is 2.49. The van der Waals surface area contributed by atoms with Gasteiger partial charge in [-0.2, -0.15) is 4.98 Å². The highest BCUT2D eigenvalue weighted by Crippen LogP contribution is 2.22. The van der Waals surface area contributed by atoms with Crippen molar-refractivity contribution in [3.8, 4) is 0 Å². The van der Waals surface area contributed by atoms with E-state index >= 15 is 0 Å². The molecule has 2 rings (SSSR count). The molecule has 0 fully saturated rings. The number of hydrogen-bond donors (Lipinski definition) is 0. The first-order valence-electron chi connectivity index (χ1n) is 5.34. The average Bonchev–Trinajstić information content (AvgIpc) is 2.61. The summed E-state index contributed by atoms with van der Waals surface area (Å²) in [5.41, 5.74) is 1.78. The Balaban J connectivity index is 2.43. The van der Waals surface area contributed by atoms with E-state index in [0.29, 0.717) is 12.1 Å². The van der Waals surface area contributed by atoms with Crippen LogP contribution in [-0.2, 0) is 0 Å². The van der Waals surface area contributed by atoms with Crippen molar-refractivity contribution in [2.45, 2.75) is 26.8 Å². The van der Waals surface area contributed by atoms with Crippen LogP contribution in [0, 0.1) is 0 Å². The van der Waals surface area contributed by atoms with Crippen LogP contribution in [0.1, 0.15) is 20.8 Å². The SMILES string of the molecule is CCN(c1nc2ccccc2o1)C(C)C. The van der Waals surface area contributed by atoms with Gasteiger partial charge >= 0.3 is 0 Å². The number of nitrogens with zero attached hydrogens (tertiary/aromatic N) is 2. The quantitative estimate of drug-likeness (QED) is 0.769. The van der Waals surface area contributed by atoms with Gasteiger partial charge in [0, 0.05) is 12.6 Å². The van der Waals surface area contributed by atoms with Crippen molar-refractivity contribution in [1.29, 1.82) is 0 Å². The molecule has 15 heavy (non-hydrogen) atoms. The van der Waals surface area contributed by atoms with Gasteiger partial charge in [-0.05, 0) is 32.9 Å². The van der Waals surface area contributed by atoms with Crippen LogP contribution in [0.3, 0.4) is 0 Å². The van der Waals surface area contributed by atoms with Crippen LogP contribution in [0.15, 0.2) is 28.7 Å². The molecule has 1 aromatic heterocycles. The van der Waals surface area contributed by atoms with E-state index in [1.165, 1.54) is 0 Å². The Morgan fingerprint density at radius 3 is 2.67 bits per heavy atom. The third kappa shape index (κ3) is 1.82. The number of para-hydroxylation sites is 2. The van der Waals surface area contributed by atoms with Gasteiger partial charge in [-0.15, -0.1) is 0 Å². The lowest BCUT2D eigenvalue weighted by atomic mass is 10.3. The maximum Gasteiger partial charge on any atom is 0.298 e. The lowest BCUT2D eigenvalue weighted by molar-refractivity contribution is 0.545. The minimum atomic E-state index is 0.406. The molecule has 0 aliphatic rings. The first kappa shape index (κ1) is 10.0. The minimum absolute atomic E-state index is 0.406. The number of benzene rings is 1. The molecular formula is C12H16N2O. The van der Waals surface area contributed by atoms with E-state index in [0.717, 1.165) is 17.6 Å². The van der Waals surface area contributed by atoms with E-state index in [1.54, 1.807) is 0 Å². The zero-order valence-corrected chi connectivity index (χ0v) is 9.40. The summed E-state index contributed by atoms with van der Waals surface area (Å²) in [5, 5.41) is 0. The maximum absolute atomic E-state index is 5.70. The summed E-state index contributed by atoms with van der Waals surface area (Å²) in [7, 11) is 0. The molecule has 0 aliphatic heterocycles. The summed E-state index contributed by atoms with van der Waals surface area (Å²) in [6, 6.07) is 8.97. The molecule has 0 aliphatic carbocycles. The van der Waals surface area contributed by atoms with Crippen molar-refractivity contribution in [2.24, 2.45) is 0 Å². The Morgan fingerprint density at radius 1 is 1.33 bits per heavy atom. The van der Waals surface area contributed by atoms with E-state index in [2.05, 4.69) is 30.7 Å². The summed E-state index contributed by atoms with van der Waals surface area (Å²) < 4.78 is 5.70. The van der Waals surface area contributed by atoms with Crippen LogP contribution in [0.5, 0.6) is 0 Å². The minimum Gasteiger partial charge on any atom is -0.423 e. The molecule has 0 radical (unpaired) electrons. The highest BCUT2D eigenvalue weighted by Gasteiger charge is 2.14. The molecular weight excluding hydrogens is 188 g/mol. The number of fused-ring (bicyclic) bond motifs is 1. The number of oxazole rings is 1. The summed E-state index contributed by atoms with van der Waals surface area (Å²) in [6.07, 6.45) is 0. The predicted molar refractivity (Wildman–Crippen MR) is 62.2 cm³/mol. The predicted octanol–water partition coefficient (Wildman–Crippen LogP) is 3.06. The molecule has 0 saturated heterocycles. The zero-order chi connectivity index (χ0) is 10.8. The summed E-state index contributed by atoms with van der Waals surface area (Å²) >= 11 is 0. The molecule has 3 heteroatoms. The standard InChI is InChI=1S/C12H16N2O/c1-4-14(9(2)3)12-13-10-7-5-6-8-11(10)15-12/h5-9H,4H2,1-3H3. The Kier molecular flexibility index (Phi) is 2.62. The number of aromatic nitrogens is 1. The van der Waals surface area contributed by atoms with Gasteiger partial charge in [0.1, 0.15) is 5.52 Å². The average molecular weight is 204 g/mol. The Bertz CT molecular complexity index is 415. The van der Waals surface area contributed by atoms with E-state index in [-0.39, 0.29) is 0 Å². The van der Waals surface area contributed by atoms with Crippen molar-refractivity contribution < 1.29 is 4.42 Å². The van der Waals surface area contributed by atoms with Crippen LogP contribution in [0.4, 0.5) is 6.01 Å². The van der Waals surface area contributed by atoms with Gasteiger partial charge < -0.3 is 9.32 Å². The van der Waals surface area contributed by atoms with Crippen molar-refractivity contribution in [2.75, 3.05) is 11.4 Å². The van der Waals surface area contributed by atoms with Gasteiger partial charge in [-0.1, -0.05) is 12.1 Å². The molecule has 2 aromatic rings. The zero-order valence-electron chi connectivity index (χ0n) is 9.40. The molecule has 0 N–H and O–H groups in total. The van der Waals surface area contributed by atoms with Crippen LogP contribution in [0.25, 0.3) is 11.1 Å². The molecule has 0 spiro atoms. The first-order chi connectivity index (χ1) is 7.22. The number of anilines is 1. The van der Waals surface area contributed by atoms with Crippen LogP contribution < -0.4 is 4.90 Å². The molecule has 0 saturated carbocycles. The second kappa shape index (κ2) is 3.93. The van der Waals surface area contributed by atoms with Gasteiger partial charge in [-0.3, -0.25) is 0 Å². The first-order valence-corrected chi connectivity index (χ1v) is 5.34. The van der Waals surface area contributed by atoms with E-state index < -0.39 is 0 Å². The van der Waals surface area contributed by atoms with Crippen molar-refractivity contribution >= 4 is 17.1 Å². The molecule has 1 aromatic carbocycles. The van der Waals surface area contributed by atoms with E-state index in [1.807, 2.05) is 24.3 Å². The fraction of sp³-hybridized carbons (Fsp3) is 0.417. The van der Waals surface area contributed by atoms with Gasteiger partial charge in [0.05, 0.1) is 0 Å². The third-order valence-electron chi connectivity index (χ3n) is 2.49. The van der Waals surface area contributed by atoms with Gasteiger partial charge in [0.2, 0.25) is 0 Å². The Morgan fingerprint density at radius 2 is 2.07 bits per heavy atom. The Hall–Kier alpha value is -1.51. The van der Waals surface area contributed by atoms with E-state index in [9.17, 15) is 0 Å². The van der Waals surface area contributed by atoms with Crippen molar-refractivity contribution in [1.82, 2.24) is 4.98 Å². The van der Waals surface area contributed by atoms with Crippen molar-refractivity contribution in [3.63, 3.8) is 0 Å². The molecule has 0 atom stereocenters. The van der Waals surface area contributed by atoms with Crippen LogP contribution >= 0.6 is 0 Å². The van der Waals surface area contributed by atoms with Gasteiger partial charge in [0.25, 0.3) is 6.01 Å². The highest BCUT2D eigenvalue weighted by molar-refractivity contribution is 5.74. The monoisotopic (exact) mass is 204 g/mol. The van der Waals surface area contributed by atoms with Crippen LogP contribution in [0.2, 0.25) is 0 Å². The Labute approximate surface area is 89.7 Å². The molecule has 80 valence electrons. The lowest BCUT2D eigenvalue weighted by Crippen LogP contribution is -2.30. The van der Waals surface area contributed by atoms with E-state index in [4.69, 9.17) is 4.42 Å². The molecule has 3 nitrogen and oxygen atoms in total. The second-order valence-corrected chi connectivity index (χ2v) is 3.84. The van der Waals surface area contributed by atoms with Gasteiger partial charge in [0.15, 0.2) is 5.58 Å². The summed E-state index contributed by atoms with van der Waals surface area (Å²) in [6.45, 7) is 7.29. The second-order valence-electron chi connectivity index (χ2n) is 3.84. The topological polar surface area (TPSA) is 29.3 Å². The highest BCUT2D eigenvalue weighted by atomic mass is 16.4. The molecule has 1 heterocycles. The summed E-state index contributed by atoms with van der Waals surface area (Å²) in [5.74, 6) is 0. The fourth-order valence-corrected chi connectivity index (χ4v) is 1.70. The summed E-state index contributed by atoms with van der Waals surface area (Å²) in [4.78, 5) is 6.60. The lowest BCUT2D eigenvalue weighted by Gasteiger charge is -2.22. The fourth-order valence-electron chi connectivity index (χ4n) is 1.70. The van der Waals surface area contributed by atoms with Gasteiger partial charge in [-0.25, -0.2) is 0 Å². The smallest absolute Gasteiger partial charge is 0.298 e. The molecule has 0 amide bonds.